The zero-order valence-corrected chi connectivity index (χ0v) is 23.5. The molecule has 2 aliphatic carbocycles. The topological polar surface area (TPSA) is 148 Å². The zero-order valence-electron chi connectivity index (χ0n) is 22.7. The van der Waals surface area contributed by atoms with Crippen molar-refractivity contribution in [3.63, 3.8) is 0 Å². The second-order valence-corrected chi connectivity index (χ2v) is 12.1. The summed E-state index contributed by atoms with van der Waals surface area (Å²) in [5.74, 6) is -4.88. The Morgan fingerprint density at radius 2 is 1.77 bits per heavy atom. The summed E-state index contributed by atoms with van der Waals surface area (Å²) in [4.78, 5) is 36.3. The van der Waals surface area contributed by atoms with E-state index in [0.717, 1.165) is 24.3 Å². The van der Waals surface area contributed by atoms with Gasteiger partial charge in [0.1, 0.15) is 5.75 Å². The van der Waals surface area contributed by atoms with Gasteiger partial charge >= 0.3 is 11.5 Å². The molecule has 0 radical (unpaired) electrons. The molecule has 1 fully saturated rings. The lowest BCUT2D eigenvalue weighted by atomic mass is 9.87. The van der Waals surface area contributed by atoms with Gasteiger partial charge in [0, 0.05) is 24.2 Å². The van der Waals surface area contributed by atoms with Crippen molar-refractivity contribution >= 4 is 33.3 Å². The van der Waals surface area contributed by atoms with Gasteiger partial charge in [0.05, 0.1) is 30.1 Å². The first-order valence-electron chi connectivity index (χ1n) is 13.2. The van der Waals surface area contributed by atoms with E-state index in [1.165, 1.54) is 13.2 Å². The predicted octanol–water partition coefficient (Wildman–Crippen LogP) is 4.32. The van der Waals surface area contributed by atoms with E-state index < -0.39 is 55.8 Å². The number of alkyl halides is 3. The molecule has 0 aromatic heterocycles. The Hall–Kier alpha value is -4.14. The number of amides is 2. The van der Waals surface area contributed by atoms with Crippen molar-refractivity contribution in [3.8, 4) is 11.5 Å². The van der Waals surface area contributed by atoms with E-state index >= 15 is 0 Å². The van der Waals surface area contributed by atoms with Crippen LogP contribution >= 0.6 is 0 Å². The van der Waals surface area contributed by atoms with E-state index in [9.17, 15) is 40.4 Å². The molecule has 4 atom stereocenters. The summed E-state index contributed by atoms with van der Waals surface area (Å²) in [6.07, 6.45) is 4.72. The molecule has 0 aliphatic heterocycles. The predicted molar refractivity (Wildman–Crippen MR) is 144 cm³/mol. The highest BCUT2D eigenvalue weighted by Gasteiger charge is 2.49. The van der Waals surface area contributed by atoms with Crippen LogP contribution in [0.1, 0.15) is 36.0 Å². The maximum absolute atomic E-state index is 14.6. The number of methoxy groups -OCH3 is 1. The average molecular weight is 629 g/mol. The Morgan fingerprint density at radius 3 is 2.44 bits per heavy atom. The Labute approximate surface area is 244 Å². The number of carboxylic acids is 1. The second-order valence-electron chi connectivity index (χ2n) is 10.1. The number of allylic oxidation sites excluding steroid dienone is 1. The Kier molecular flexibility index (Phi) is 9.32. The van der Waals surface area contributed by atoms with Crippen LogP contribution < -0.4 is 20.1 Å². The van der Waals surface area contributed by atoms with Crippen LogP contribution in [0.5, 0.6) is 11.5 Å². The third-order valence-corrected chi connectivity index (χ3v) is 8.80. The van der Waals surface area contributed by atoms with Gasteiger partial charge in [0.15, 0.2) is 11.6 Å². The Balaban J connectivity index is 1.50. The lowest BCUT2D eigenvalue weighted by Crippen LogP contribution is -2.47. The van der Waals surface area contributed by atoms with Crippen LogP contribution in [0.2, 0.25) is 0 Å². The maximum atomic E-state index is 14.6. The molecule has 0 saturated heterocycles. The molecule has 0 heterocycles. The van der Waals surface area contributed by atoms with Crippen LogP contribution in [0.4, 0.5) is 23.2 Å². The van der Waals surface area contributed by atoms with Crippen molar-refractivity contribution in [2.24, 2.45) is 17.8 Å². The number of carboxylic acid groups (broad SMARTS) is 1. The highest BCUT2D eigenvalue weighted by molar-refractivity contribution is 7.92. The number of fused-ring (bicyclic) bond motifs is 2. The van der Waals surface area contributed by atoms with Crippen LogP contribution in [0.25, 0.3) is 0 Å². The standard InChI is InChI=1S/C28H28F4N2O8S/c1-41-21-14-20(29)22(42-10-3-2-7-23(35)36)13-19(21)26(37)34-25-16-9-8-15(11-16)24(25)27(38)33-17-5-4-6-18(12-17)43(39,40)28(30,31)32/h4-6,8-9,12-16,24-25H,2-3,7,10-11H2,1H3,(H,33,38)(H,34,37)(H,35,36)/t15-,16+,24+,25-/m0/s1. The van der Waals surface area contributed by atoms with E-state index in [0.29, 0.717) is 25.3 Å². The van der Waals surface area contributed by atoms with Crippen molar-refractivity contribution in [1.82, 2.24) is 5.32 Å². The summed E-state index contributed by atoms with van der Waals surface area (Å²) >= 11 is 0. The monoisotopic (exact) mass is 628 g/mol. The molecule has 2 aromatic carbocycles. The Bertz CT molecular complexity index is 1540. The van der Waals surface area contributed by atoms with E-state index in [1.807, 2.05) is 6.08 Å². The molecule has 43 heavy (non-hydrogen) atoms. The van der Waals surface area contributed by atoms with Crippen molar-refractivity contribution in [1.29, 1.82) is 0 Å². The molecule has 0 spiro atoms. The summed E-state index contributed by atoms with van der Waals surface area (Å²) < 4.78 is 87.8. The molecule has 3 N–H and O–H groups in total. The van der Waals surface area contributed by atoms with E-state index in [-0.39, 0.29) is 47.6 Å². The van der Waals surface area contributed by atoms with E-state index in [2.05, 4.69) is 10.6 Å². The molecule has 2 aliphatic rings. The number of aliphatic carboxylic acids is 1. The number of carbonyl (C=O) groups is 3. The fraction of sp³-hybridized carbons (Fsp3) is 0.393. The summed E-state index contributed by atoms with van der Waals surface area (Å²) in [6, 6.07) is 5.16. The lowest BCUT2D eigenvalue weighted by molar-refractivity contribution is -0.137. The fourth-order valence-electron chi connectivity index (χ4n) is 5.26. The van der Waals surface area contributed by atoms with Gasteiger partial charge in [-0.25, -0.2) is 12.8 Å². The smallest absolute Gasteiger partial charge is 0.496 e. The zero-order chi connectivity index (χ0) is 31.5. The van der Waals surface area contributed by atoms with Gasteiger partial charge in [-0.05, 0) is 55.4 Å². The summed E-state index contributed by atoms with van der Waals surface area (Å²) in [6.45, 7) is 0.00246. The minimum atomic E-state index is -5.64. The normalized spacial score (nSPS) is 21.0. The highest BCUT2D eigenvalue weighted by Crippen LogP contribution is 2.44. The van der Waals surface area contributed by atoms with E-state index in [1.54, 1.807) is 6.08 Å². The lowest BCUT2D eigenvalue weighted by Gasteiger charge is -2.28. The minimum absolute atomic E-state index is 0.00246. The SMILES string of the molecule is COc1cc(F)c(OCCCCC(=O)O)cc1C(=O)N[C@@H]1[C@H](C(=O)Nc2cccc(S(=O)(=O)C(F)(F)F)c2)[C@H]2C=C[C@@H]1C2. The molecular weight excluding hydrogens is 600 g/mol. The average Bonchev–Trinajstić information content (AvgIpc) is 3.54. The molecular formula is C28H28F4N2O8S. The molecule has 1 saturated carbocycles. The largest absolute Gasteiger partial charge is 0.501 e. The number of benzene rings is 2. The molecule has 2 amide bonds. The number of nitrogens with one attached hydrogen (secondary N) is 2. The Morgan fingerprint density at radius 1 is 1.05 bits per heavy atom. The summed E-state index contributed by atoms with van der Waals surface area (Å²) in [7, 11) is -4.40. The molecule has 0 unspecified atom stereocenters. The van der Waals surface area contributed by atoms with Crippen LogP contribution in [0.3, 0.4) is 0 Å². The number of sulfone groups is 1. The number of carbonyl (C=O) groups excluding carboxylic acids is 2. The van der Waals surface area contributed by atoms with Crippen LogP contribution in [-0.4, -0.2) is 56.6 Å². The van der Waals surface area contributed by atoms with Gasteiger partial charge in [-0.15, -0.1) is 0 Å². The summed E-state index contributed by atoms with van der Waals surface area (Å²) in [5, 5.41) is 14.0. The van der Waals surface area contributed by atoms with Gasteiger partial charge in [-0.1, -0.05) is 18.2 Å². The van der Waals surface area contributed by atoms with Crippen molar-refractivity contribution in [2.45, 2.75) is 42.1 Å². The van der Waals surface area contributed by atoms with E-state index in [4.69, 9.17) is 14.6 Å². The second kappa shape index (κ2) is 12.6. The third-order valence-electron chi connectivity index (χ3n) is 7.32. The number of hydrogen-bond acceptors (Lipinski definition) is 7. The third kappa shape index (κ3) is 6.92. The van der Waals surface area contributed by atoms with Crippen molar-refractivity contribution in [2.75, 3.05) is 19.0 Å². The number of ether oxygens (including phenoxy) is 2. The first-order valence-corrected chi connectivity index (χ1v) is 14.6. The maximum Gasteiger partial charge on any atom is 0.501 e. The summed E-state index contributed by atoms with van der Waals surface area (Å²) in [5.41, 5.74) is -5.77. The van der Waals surface area contributed by atoms with Gasteiger partial charge in [0.25, 0.3) is 15.7 Å². The number of halogens is 4. The molecule has 2 bridgehead atoms. The number of rotatable bonds is 12. The minimum Gasteiger partial charge on any atom is -0.496 e. The molecule has 232 valence electrons. The molecule has 4 rings (SSSR count). The van der Waals surface area contributed by atoms with Gasteiger partial charge < -0.3 is 25.2 Å². The number of hydrogen-bond donors (Lipinski definition) is 3. The molecule has 10 nitrogen and oxygen atoms in total. The number of anilines is 1. The first-order chi connectivity index (χ1) is 20.2. The van der Waals surface area contributed by atoms with Crippen LogP contribution in [-0.2, 0) is 19.4 Å². The van der Waals surface area contributed by atoms with Gasteiger partial charge in [0.2, 0.25) is 5.91 Å². The molecule has 2 aromatic rings. The van der Waals surface area contributed by atoms with Gasteiger partial charge in [-0.2, -0.15) is 13.2 Å². The quantitative estimate of drug-likeness (QED) is 0.179. The first kappa shape index (κ1) is 31.8. The number of unbranched alkanes of at least 4 members (excludes halogenated alkanes) is 1. The van der Waals surface area contributed by atoms with Gasteiger partial charge in [-0.3, -0.25) is 14.4 Å². The van der Waals surface area contributed by atoms with Crippen LogP contribution in [0.15, 0.2) is 53.4 Å². The highest BCUT2D eigenvalue weighted by atomic mass is 32.2. The van der Waals surface area contributed by atoms with Crippen molar-refractivity contribution in [3.05, 3.63) is 59.9 Å². The van der Waals surface area contributed by atoms with Crippen LogP contribution in [0, 0.1) is 23.6 Å². The molecule has 15 heteroatoms. The fourth-order valence-corrected chi connectivity index (χ4v) is 6.07. The van der Waals surface area contributed by atoms with Crippen molar-refractivity contribution < 1.29 is 54.9 Å².